The second kappa shape index (κ2) is 5.65. The van der Waals surface area contributed by atoms with E-state index in [1.165, 1.54) is 11.1 Å². The summed E-state index contributed by atoms with van der Waals surface area (Å²) in [6.45, 7) is 7.75. The van der Waals surface area contributed by atoms with Gasteiger partial charge >= 0.3 is 0 Å². The Hall–Kier alpha value is -1.87. The largest absolute Gasteiger partial charge is 0.308 e. The molecular weight excluding hydrogens is 222 g/mol. The number of hydrogen-bond acceptors (Lipinski definition) is 2. The Morgan fingerprint density at radius 2 is 2.06 bits per heavy atom. The average molecular weight is 241 g/mol. The van der Waals surface area contributed by atoms with E-state index in [1.807, 2.05) is 43.0 Å². The SMILES string of the molecule is C=C(CNCc1cn(C)nc1C)c1ccccc1. The number of rotatable bonds is 5. The van der Waals surface area contributed by atoms with Gasteiger partial charge in [0, 0.05) is 31.9 Å². The molecule has 0 aliphatic rings. The van der Waals surface area contributed by atoms with Crippen LogP contribution in [0.15, 0.2) is 43.1 Å². The van der Waals surface area contributed by atoms with Gasteiger partial charge in [-0.15, -0.1) is 0 Å². The smallest absolute Gasteiger partial charge is 0.0638 e. The third kappa shape index (κ3) is 3.08. The van der Waals surface area contributed by atoms with Crippen LogP contribution < -0.4 is 5.32 Å². The van der Waals surface area contributed by atoms with E-state index in [9.17, 15) is 0 Å². The summed E-state index contributed by atoms with van der Waals surface area (Å²) in [5.74, 6) is 0. The Morgan fingerprint density at radius 3 is 2.67 bits per heavy atom. The number of nitrogens with zero attached hydrogens (tertiary/aromatic N) is 2. The van der Waals surface area contributed by atoms with Gasteiger partial charge in [-0.25, -0.2) is 0 Å². The zero-order chi connectivity index (χ0) is 13.0. The standard InChI is InChI=1S/C15H19N3/c1-12(14-7-5-4-6-8-14)9-16-10-15-11-18(3)17-13(15)2/h4-8,11,16H,1,9-10H2,2-3H3. The maximum absolute atomic E-state index is 4.32. The Balaban J connectivity index is 1.86. The van der Waals surface area contributed by atoms with Crippen LogP contribution in [0.5, 0.6) is 0 Å². The summed E-state index contributed by atoms with van der Waals surface area (Å²) >= 11 is 0. The van der Waals surface area contributed by atoms with Gasteiger partial charge in [0.15, 0.2) is 0 Å². The molecule has 2 aromatic rings. The minimum atomic E-state index is 0.790. The van der Waals surface area contributed by atoms with Crippen LogP contribution in [0.25, 0.3) is 5.57 Å². The lowest BCUT2D eigenvalue weighted by atomic mass is 10.1. The molecule has 3 heteroatoms. The summed E-state index contributed by atoms with van der Waals surface area (Å²) < 4.78 is 1.85. The Kier molecular flexibility index (Phi) is 3.95. The van der Waals surface area contributed by atoms with Crippen molar-refractivity contribution in [1.29, 1.82) is 0 Å². The second-order valence-corrected chi connectivity index (χ2v) is 4.49. The molecule has 0 radical (unpaired) electrons. The van der Waals surface area contributed by atoms with Crippen LogP contribution in [0.1, 0.15) is 16.8 Å². The monoisotopic (exact) mass is 241 g/mol. The molecule has 0 aliphatic heterocycles. The number of aryl methyl sites for hydroxylation is 2. The van der Waals surface area contributed by atoms with E-state index in [0.29, 0.717) is 0 Å². The van der Waals surface area contributed by atoms with Gasteiger partial charge in [-0.3, -0.25) is 4.68 Å². The van der Waals surface area contributed by atoms with Crippen molar-refractivity contribution in [2.45, 2.75) is 13.5 Å². The molecule has 94 valence electrons. The van der Waals surface area contributed by atoms with Crippen LogP contribution in [-0.2, 0) is 13.6 Å². The van der Waals surface area contributed by atoms with E-state index >= 15 is 0 Å². The Morgan fingerprint density at radius 1 is 1.33 bits per heavy atom. The zero-order valence-electron chi connectivity index (χ0n) is 11.0. The minimum Gasteiger partial charge on any atom is -0.308 e. The summed E-state index contributed by atoms with van der Waals surface area (Å²) in [6, 6.07) is 10.2. The van der Waals surface area contributed by atoms with E-state index in [-0.39, 0.29) is 0 Å². The molecule has 0 amide bonds. The molecule has 0 saturated carbocycles. The van der Waals surface area contributed by atoms with Crippen molar-refractivity contribution in [3.8, 4) is 0 Å². The fourth-order valence-corrected chi connectivity index (χ4v) is 1.95. The third-order valence-corrected chi connectivity index (χ3v) is 2.95. The number of nitrogens with one attached hydrogen (secondary N) is 1. The van der Waals surface area contributed by atoms with Gasteiger partial charge in [-0.2, -0.15) is 5.10 Å². The number of benzene rings is 1. The van der Waals surface area contributed by atoms with E-state index in [1.54, 1.807) is 0 Å². The molecule has 0 unspecified atom stereocenters. The van der Waals surface area contributed by atoms with Crippen LogP contribution in [0.3, 0.4) is 0 Å². The first-order chi connectivity index (χ1) is 8.66. The predicted molar refractivity (Wildman–Crippen MR) is 75.1 cm³/mol. The van der Waals surface area contributed by atoms with E-state index in [0.717, 1.165) is 24.4 Å². The zero-order valence-corrected chi connectivity index (χ0v) is 11.0. The highest BCUT2D eigenvalue weighted by molar-refractivity contribution is 5.64. The predicted octanol–water partition coefficient (Wildman–Crippen LogP) is 2.53. The van der Waals surface area contributed by atoms with Gasteiger partial charge in [0.05, 0.1) is 5.69 Å². The Bertz CT molecular complexity index is 526. The van der Waals surface area contributed by atoms with Crippen molar-refractivity contribution in [2.24, 2.45) is 7.05 Å². The van der Waals surface area contributed by atoms with Gasteiger partial charge in [0.2, 0.25) is 0 Å². The van der Waals surface area contributed by atoms with E-state index in [2.05, 4.69) is 29.1 Å². The van der Waals surface area contributed by atoms with Gasteiger partial charge in [-0.05, 0) is 18.1 Å². The molecule has 0 spiro atoms. The summed E-state index contributed by atoms with van der Waals surface area (Å²) in [4.78, 5) is 0. The summed E-state index contributed by atoms with van der Waals surface area (Å²) in [7, 11) is 1.94. The molecule has 0 bridgehead atoms. The topological polar surface area (TPSA) is 29.9 Å². The van der Waals surface area contributed by atoms with Crippen molar-refractivity contribution >= 4 is 5.57 Å². The van der Waals surface area contributed by atoms with Crippen LogP contribution >= 0.6 is 0 Å². The molecule has 1 aromatic carbocycles. The average Bonchev–Trinajstić information content (AvgIpc) is 2.69. The first-order valence-electron chi connectivity index (χ1n) is 6.10. The molecule has 3 nitrogen and oxygen atoms in total. The molecule has 1 aromatic heterocycles. The Labute approximate surface area is 108 Å². The molecule has 0 atom stereocenters. The van der Waals surface area contributed by atoms with Gasteiger partial charge in [0.1, 0.15) is 0 Å². The van der Waals surface area contributed by atoms with Gasteiger partial charge in [-0.1, -0.05) is 36.9 Å². The number of hydrogen-bond donors (Lipinski definition) is 1. The molecule has 18 heavy (non-hydrogen) atoms. The van der Waals surface area contributed by atoms with Gasteiger partial charge < -0.3 is 5.32 Å². The van der Waals surface area contributed by atoms with Crippen LogP contribution in [-0.4, -0.2) is 16.3 Å². The van der Waals surface area contributed by atoms with Crippen LogP contribution in [0, 0.1) is 6.92 Å². The van der Waals surface area contributed by atoms with Crippen molar-refractivity contribution in [3.63, 3.8) is 0 Å². The quantitative estimate of drug-likeness (QED) is 0.871. The molecular formula is C15H19N3. The lowest BCUT2D eigenvalue weighted by Gasteiger charge is -2.07. The summed E-state index contributed by atoms with van der Waals surface area (Å²) in [5, 5.41) is 7.72. The lowest BCUT2D eigenvalue weighted by molar-refractivity contribution is 0.753. The highest BCUT2D eigenvalue weighted by Gasteiger charge is 2.03. The fourth-order valence-electron chi connectivity index (χ4n) is 1.95. The van der Waals surface area contributed by atoms with E-state index < -0.39 is 0 Å². The molecule has 0 aliphatic carbocycles. The third-order valence-electron chi connectivity index (χ3n) is 2.95. The van der Waals surface area contributed by atoms with E-state index in [4.69, 9.17) is 0 Å². The second-order valence-electron chi connectivity index (χ2n) is 4.49. The van der Waals surface area contributed by atoms with Crippen LogP contribution in [0.4, 0.5) is 0 Å². The fraction of sp³-hybridized carbons (Fsp3) is 0.267. The number of aromatic nitrogens is 2. The highest BCUT2D eigenvalue weighted by atomic mass is 15.2. The maximum atomic E-state index is 4.32. The molecule has 0 saturated heterocycles. The highest BCUT2D eigenvalue weighted by Crippen LogP contribution is 2.10. The lowest BCUT2D eigenvalue weighted by Crippen LogP contribution is -2.15. The van der Waals surface area contributed by atoms with Gasteiger partial charge in [0.25, 0.3) is 0 Å². The molecule has 0 fully saturated rings. The van der Waals surface area contributed by atoms with Crippen molar-refractivity contribution < 1.29 is 0 Å². The van der Waals surface area contributed by atoms with Crippen LogP contribution in [0.2, 0.25) is 0 Å². The van der Waals surface area contributed by atoms with Crippen molar-refractivity contribution in [1.82, 2.24) is 15.1 Å². The first kappa shape index (κ1) is 12.6. The summed E-state index contributed by atoms with van der Waals surface area (Å²) in [5.41, 5.74) is 4.61. The normalized spacial score (nSPS) is 10.6. The van der Waals surface area contributed by atoms with Crippen molar-refractivity contribution in [2.75, 3.05) is 6.54 Å². The maximum Gasteiger partial charge on any atom is 0.0638 e. The summed E-state index contributed by atoms with van der Waals surface area (Å²) in [6.07, 6.45) is 2.05. The molecule has 2 rings (SSSR count). The first-order valence-corrected chi connectivity index (χ1v) is 6.10. The van der Waals surface area contributed by atoms with Crippen molar-refractivity contribution in [3.05, 3.63) is 59.9 Å². The molecule has 1 N–H and O–H groups in total. The molecule has 1 heterocycles. The minimum absolute atomic E-state index is 0.790.